The highest BCUT2D eigenvalue weighted by Gasteiger charge is 2.19. The van der Waals surface area contributed by atoms with Gasteiger partial charge in [-0.2, -0.15) is 0 Å². The maximum atomic E-state index is 10.7. The molecule has 0 unspecified atom stereocenters. The zero-order valence-corrected chi connectivity index (χ0v) is 17.5. The van der Waals surface area contributed by atoms with Crippen molar-refractivity contribution in [1.29, 1.82) is 0 Å². The lowest BCUT2D eigenvalue weighted by atomic mass is 10.0. The van der Waals surface area contributed by atoms with Crippen LogP contribution in [0.1, 0.15) is 47.5 Å². The molecule has 0 saturated carbocycles. The van der Waals surface area contributed by atoms with E-state index in [9.17, 15) is 14.9 Å². The predicted octanol–water partition coefficient (Wildman–Crippen LogP) is 4.41. The molecule has 156 valence electrons. The van der Waals surface area contributed by atoms with Gasteiger partial charge in [-0.05, 0) is 44.0 Å². The largest absolute Gasteiger partial charge is 0.331 e. The standard InChI is InChI=1S/C10H8N4O3.C6H13N.2C2H6/c15-7-11-10-9(14(16)17)6-13(12-10)8-4-2-1-3-5-8;1-6-2-4-7-5-3-6;2*1-2/h1-7H,(H,11,12,15);6-7H,2-5H2,1H3;2*1-2H3. The number of amides is 1. The zero-order valence-electron chi connectivity index (χ0n) is 17.5. The lowest BCUT2D eigenvalue weighted by molar-refractivity contribution is -0.384. The van der Waals surface area contributed by atoms with Gasteiger partial charge in [-0.15, -0.1) is 5.10 Å². The maximum absolute atomic E-state index is 10.7. The summed E-state index contributed by atoms with van der Waals surface area (Å²) in [4.78, 5) is 20.5. The number of piperidine rings is 1. The zero-order chi connectivity index (χ0) is 21.4. The van der Waals surface area contributed by atoms with Crippen molar-refractivity contribution in [1.82, 2.24) is 15.1 Å². The Morgan fingerprint density at radius 3 is 2.18 bits per heavy atom. The minimum Gasteiger partial charge on any atom is -0.317 e. The van der Waals surface area contributed by atoms with Gasteiger partial charge in [0.15, 0.2) is 0 Å². The van der Waals surface area contributed by atoms with E-state index in [0.717, 1.165) is 5.92 Å². The first kappa shape index (κ1) is 25.3. The summed E-state index contributed by atoms with van der Waals surface area (Å²) < 4.78 is 1.34. The van der Waals surface area contributed by atoms with Gasteiger partial charge in [0.05, 0.1) is 10.6 Å². The summed E-state index contributed by atoms with van der Waals surface area (Å²) in [6, 6.07) is 8.90. The third kappa shape index (κ3) is 8.77. The minimum absolute atomic E-state index is 0.0751. The molecule has 0 aliphatic carbocycles. The van der Waals surface area contributed by atoms with Crippen molar-refractivity contribution in [3.63, 3.8) is 0 Å². The molecule has 2 N–H and O–H groups in total. The average Bonchev–Trinajstić information content (AvgIpc) is 3.17. The van der Waals surface area contributed by atoms with Crippen LogP contribution in [-0.4, -0.2) is 34.2 Å². The van der Waals surface area contributed by atoms with Gasteiger partial charge in [0.2, 0.25) is 12.2 Å². The van der Waals surface area contributed by atoms with Crippen LogP contribution in [0.5, 0.6) is 0 Å². The molecule has 1 saturated heterocycles. The fourth-order valence-corrected chi connectivity index (χ4v) is 2.34. The predicted molar refractivity (Wildman–Crippen MR) is 114 cm³/mol. The van der Waals surface area contributed by atoms with E-state index in [4.69, 9.17) is 0 Å². The highest BCUT2D eigenvalue weighted by atomic mass is 16.6. The fraction of sp³-hybridized carbons (Fsp3) is 0.500. The van der Waals surface area contributed by atoms with Crippen LogP contribution in [0.2, 0.25) is 0 Å². The number of carbonyl (C=O) groups excluding carboxylic acids is 1. The molecule has 0 bridgehead atoms. The number of nitrogens with one attached hydrogen (secondary N) is 2. The van der Waals surface area contributed by atoms with Gasteiger partial charge in [0, 0.05) is 0 Å². The number of benzene rings is 1. The Bertz CT molecular complexity index is 668. The molecule has 1 aliphatic heterocycles. The van der Waals surface area contributed by atoms with E-state index < -0.39 is 4.92 Å². The summed E-state index contributed by atoms with van der Waals surface area (Å²) in [5.41, 5.74) is 0.426. The monoisotopic (exact) mass is 391 g/mol. The van der Waals surface area contributed by atoms with Crippen LogP contribution in [0.15, 0.2) is 36.5 Å². The Hall–Kier alpha value is -2.74. The summed E-state index contributed by atoms with van der Waals surface area (Å²) in [5, 5.41) is 20.2. The van der Waals surface area contributed by atoms with Gasteiger partial charge < -0.3 is 10.6 Å². The Labute approximate surface area is 167 Å². The van der Waals surface area contributed by atoms with Crippen LogP contribution in [0.25, 0.3) is 5.69 Å². The topological polar surface area (TPSA) is 102 Å². The number of aromatic nitrogens is 2. The van der Waals surface area contributed by atoms with Crippen molar-refractivity contribution in [2.24, 2.45) is 5.92 Å². The SMILES string of the molecule is CC.CC.CC1CCNCC1.O=CNc1nn(-c2ccccc2)cc1[N+](=O)[O-]. The summed E-state index contributed by atoms with van der Waals surface area (Å²) in [6.45, 7) is 12.8. The second-order valence-corrected chi connectivity index (χ2v) is 5.59. The van der Waals surface area contributed by atoms with E-state index in [1.54, 1.807) is 24.3 Å². The molecule has 8 heteroatoms. The van der Waals surface area contributed by atoms with Crippen LogP contribution in [-0.2, 0) is 4.79 Å². The molecule has 1 aromatic carbocycles. The van der Waals surface area contributed by atoms with Crippen molar-refractivity contribution < 1.29 is 9.72 Å². The van der Waals surface area contributed by atoms with Crippen LogP contribution in [0, 0.1) is 16.0 Å². The molecular weight excluding hydrogens is 358 g/mol. The van der Waals surface area contributed by atoms with E-state index in [1.807, 2.05) is 33.8 Å². The molecule has 3 rings (SSSR count). The van der Waals surface area contributed by atoms with E-state index in [1.165, 1.54) is 36.8 Å². The lowest BCUT2D eigenvalue weighted by Crippen LogP contribution is -2.26. The minimum atomic E-state index is -0.599. The summed E-state index contributed by atoms with van der Waals surface area (Å²) in [5.74, 6) is 0.898. The normalized spacial score (nSPS) is 12.8. The second kappa shape index (κ2) is 15.3. The van der Waals surface area contributed by atoms with Gasteiger partial charge in [-0.25, -0.2) is 4.68 Å². The molecule has 2 aromatic rings. The van der Waals surface area contributed by atoms with Crippen LogP contribution >= 0.6 is 0 Å². The number of hydrogen-bond acceptors (Lipinski definition) is 5. The number of hydrogen-bond donors (Lipinski definition) is 2. The molecule has 1 fully saturated rings. The number of para-hydroxylation sites is 1. The van der Waals surface area contributed by atoms with E-state index in [-0.39, 0.29) is 11.5 Å². The quantitative estimate of drug-likeness (QED) is 0.457. The van der Waals surface area contributed by atoms with E-state index >= 15 is 0 Å². The summed E-state index contributed by atoms with van der Waals surface area (Å²) in [6.07, 6.45) is 4.35. The average molecular weight is 392 g/mol. The molecule has 0 atom stereocenters. The molecule has 1 aliphatic rings. The molecule has 1 aromatic heterocycles. The maximum Gasteiger partial charge on any atom is 0.331 e. The van der Waals surface area contributed by atoms with Crippen molar-refractivity contribution in [3.05, 3.63) is 46.6 Å². The highest BCUT2D eigenvalue weighted by molar-refractivity contribution is 5.74. The Morgan fingerprint density at radius 2 is 1.75 bits per heavy atom. The molecule has 2 heterocycles. The molecule has 0 radical (unpaired) electrons. The first-order chi connectivity index (χ1) is 13.6. The number of rotatable bonds is 4. The van der Waals surface area contributed by atoms with Gasteiger partial charge in [0.25, 0.3) is 0 Å². The van der Waals surface area contributed by atoms with Gasteiger partial charge in [0.1, 0.15) is 6.20 Å². The van der Waals surface area contributed by atoms with Crippen molar-refractivity contribution in [2.45, 2.75) is 47.5 Å². The van der Waals surface area contributed by atoms with Crippen molar-refractivity contribution in [3.8, 4) is 5.69 Å². The lowest BCUT2D eigenvalue weighted by Gasteiger charge is -2.17. The first-order valence-corrected chi connectivity index (χ1v) is 9.82. The second-order valence-electron chi connectivity index (χ2n) is 5.59. The van der Waals surface area contributed by atoms with Gasteiger partial charge >= 0.3 is 5.69 Å². The third-order valence-corrected chi connectivity index (χ3v) is 3.74. The first-order valence-electron chi connectivity index (χ1n) is 9.82. The van der Waals surface area contributed by atoms with Crippen molar-refractivity contribution >= 4 is 17.9 Å². The molecule has 28 heavy (non-hydrogen) atoms. The van der Waals surface area contributed by atoms with Crippen LogP contribution in [0.3, 0.4) is 0 Å². The van der Waals surface area contributed by atoms with Crippen LogP contribution in [0.4, 0.5) is 11.5 Å². The summed E-state index contributed by atoms with van der Waals surface area (Å²) in [7, 11) is 0. The van der Waals surface area contributed by atoms with E-state index in [2.05, 4.69) is 22.7 Å². The Morgan fingerprint density at radius 1 is 1.18 bits per heavy atom. The van der Waals surface area contributed by atoms with Gasteiger partial charge in [-0.1, -0.05) is 52.8 Å². The molecule has 8 nitrogen and oxygen atoms in total. The molecular formula is C20H33N5O3. The number of nitro groups is 1. The van der Waals surface area contributed by atoms with Gasteiger partial charge in [-0.3, -0.25) is 14.9 Å². The summed E-state index contributed by atoms with van der Waals surface area (Å²) >= 11 is 0. The van der Waals surface area contributed by atoms with Crippen molar-refractivity contribution in [2.75, 3.05) is 18.4 Å². The fourth-order valence-electron chi connectivity index (χ4n) is 2.34. The Balaban J connectivity index is 0.000000553. The smallest absolute Gasteiger partial charge is 0.317 e. The third-order valence-electron chi connectivity index (χ3n) is 3.74. The number of anilines is 1. The van der Waals surface area contributed by atoms with Crippen LogP contribution < -0.4 is 10.6 Å². The van der Waals surface area contributed by atoms with E-state index in [0.29, 0.717) is 12.1 Å². The molecule has 1 amide bonds. The highest BCUT2D eigenvalue weighted by Crippen LogP contribution is 2.23. The molecule has 0 spiro atoms. The Kier molecular flexibility index (Phi) is 13.8. The number of nitrogens with zero attached hydrogens (tertiary/aromatic N) is 3. The number of carbonyl (C=O) groups is 1.